The smallest absolute Gasteiger partial charge is 0.231 e. The number of anilines is 1. The summed E-state index contributed by atoms with van der Waals surface area (Å²) in [5.41, 5.74) is 4.51. The van der Waals surface area contributed by atoms with Crippen LogP contribution in [0.5, 0.6) is 11.5 Å². The quantitative estimate of drug-likeness (QED) is 0.371. The van der Waals surface area contributed by atoms with E-state index in [1.165, 1.54) is 18.4 Å². The molecule has 4 aliphatic rings. The second-order valence-corrected chi connectivity index (χ2v) is 12.3. The Kier molecular flexibility index (Phi) is 7.00. The minimum Gasteiger partial charge on any atom is -0.454 e. The fraction of sp³-hybridized carbons (Fsp3) is 0.515. The van der Waals surface area contributed by atoms with Gasteiger partial charge in [0.05, 0.1) is 18.3 Å². The third-order valence-electron chi connectivity index (χ3n) is 9.48. The number of aliphatic hydroxyl groups is 1. The first kappa shape index (κ1) is 25.6. The predicted molar refractivity (Wildman–Crippen MR) is 154 cm³/mol. The summed E-state index contributed by atoms with van der Waals surface area (Å²) in [6, 6.07) is 15.4. The zero-order valence-electron chi connectivity index (χ0n) is 23.1. The molecule has 0 bridgehead atoms. The van der Waals surface area contributed by atoms with E-state index in [0.29, 0.717) is 37.5 Å². The van der Waals surface area contributed by atoms with E-state index >= 15 is 0 Å². The highest BCUT2D eigenvalue weighted by molar-refractivity contribution is 5.95. The SMILES string of the molecule is O=C(C1CCC(O)CC1)N(CC1CCC(c2ccc3c(c2)OCO3)CC1)c1cccc(-c2cnn(C3CC3)c2)c1. The number of fused-ring (bicyclic) bond motifs is 1. The van der Waals surface area contributed by atoms with Crippen molar-refractivity contribution in [2.24, 2.45) is 11.8 Å². The first-order valence-corrected chi connectivity index (χ1v) is 15.1. The highest BCUT2D eigenvalue weighted by Gasteiger charge is 2.33. The lowest BCUT2D eigenvalue weighted by molar-refractivity contribution is -0.124. The Labute approximate surface area is 236 Å². The molecule has 1 amide bonds. The number of hydrogen-bond acceptors (Lipinski definition) is 5. The molecule has 7 nitrogen and oxygen atoms in total. The Hall–Kier alpha value is -3.32. The third kappa shape index (κ3) is 5.36. The van der Waals surface area contributed by atoms with Gasteiger partial charge in [-0.3, -0.25) is 9.48 Å². The van der Waals surface area contributed by atoms with E-state index in [4.69, 9.17) is 9.47 Å². The summed E-state index contributed by atoms with van der Waals surface area (Å²) < 4.78 is 13.2. The van der Waals surface area contributed by atoms with Gasteiger partial charge < -0.3 is 19.5 Å². The summed E-state index contributed by atoms with van der Waals surface area (Å²) in [6.45, 7) is 1.05. The molecule has 40 heavy (non-hydrogen) atoms. The summed E-state index contributed by atoms with van der Waals surface area (Å²) in [4.78, 5) is 16.1. The minimum absolute atomic E-state index is 0.0188. The number of rotatable bonds is 7. The monoisotopic (exact) mass is 541 g/mol. The molecule has 0 saturated heterocycles. The van der Waals surface area contributed by atoms with Crippen LogP contribution in [0.3, 0.4) is 0 Å². The molecule has 2 heterocycles. The summed E-state index contributed by atoms with van der Waals surface area (Å²) >= 11 is 0. The highest BCUT2D eigenvalue weighted by Crippen LogP contribution is 2.42. The molecule has 2 aromatic carbocycles. The van der Waals surface area contributed by atoms with Gasteiger partial charge in [0.2, 0.25) is 12.7 Å². The average Bonchev–Trinajstić information content (AvgIpc) is 3.52. The van der Waals surface area contributed by atoms with Crippen LogP contribution < -0.4 is 14.4 Å². The minimum atomic E-state index is -0.268. The van der Waals surface area contributed by atoms with Crippen molar-refractivity contribution in [1.82, 2.24) is 9.78 Å². The molecule has 0 radical (unpaired) electrons. The number of aromatic nitrogens is 2. The molecule has 0 atom stereocenters. The summed E-state index contributed by atoms with van der Waals surface area (Å²) in [7, 11) is 0. The van der Waals surface area contributed by atoms with Crippen LogP contribution in [-0.4, -0.2) is 40.2 Å². The number of ether oxygens (including phenoxy) is 2. The van der Waals surface area contributed by atoms with E-state index in [2.05, 4.69) is 57.3 Å². The fourth-order valence-corrected chi connectivity index (χ4v) is 6.85. The Balaban J connectivity index is 1.08. The third-order valence-corrected chi connectivity index (χ3v) is 9.48. The molecule has 3 aliphatic carbocycles. The van der Waals surface area contributed by atoms with Gasteiger partial charge in [0.15, 0.2) is 11.5 Å². The molecule has 1 aliphatic heterocycles. The number of hydrogen-bond donors (Lipinski definition) is 1. The van der Waals surface area contributed by atoms with E-state index in [0.717, 1.165) is 73.4 Å². The van der Waals surface area contributed by atoms with E-state index in [1.807, 2.05) is 12.3 Å². The first-order chi connectivity index (χ1) is 19.6. The number of carbonyl (C=O) groups excluding carboxylic acids is 1. The Morgan fingerprint density at radius 3 is 2.50 bits per heavy atom. The molecule has 3 saturated carbocycles. The van der Waals surface area contributed by atoms with Gasteiger partial charge in [-0.25, -0.2) is 0 Å². The van der Waals surface area contributed by atoms with Gasteiger partial charge >= 0.3 is 0 Å². The predicted octanol–water partition coefficient (Wildman–Crippen LogP) is 6.47. The molecule has 7 rings (SSSR count). The van der Waals surface area contributed by atoms with Crippen molar-refractivity contribution in [3.63, 3.8) is 0 Å². The summed E-state index contributed by atoms with van der Waals surface area (Å²) in [5.74, 6) is 2.87. The normalized spacial score (nSPS) is 26.0. The molecule has 0 unspecified atom stereocenters. The van der Waals surface area contributed by atoms with E-state index in [-0.39, 0.29) is 17.9 Å². The summed E-state index contributed by atoms with van der Waals surface area (Å²) in [5, 5.41) is 14.6. The first-order valence-electron chi connectivity index (χ1n) is 15.1. The summed E-state index contributed by atoms with van der Waals surface area (Å²) in [6.07, 6.45) is 13.6. The zero-order valence-corrected chi connectivity index (χ0v) is 23.1. The van der Waals surface area contributed by atoms with Crippen molar-refractivity contribution in [2.45, 2.75) is 82.3 Å². The molecule has 1 N–H and O–H groups in total. The van der Waals surface area contributed by atoms with Gasteiger partial charge in [0, 0.05) is 29.9 Å². The van der Waals surface area contributed by atoms with Crippen LogP contribution in [-0.2, 0) is 4.79 Å². The molecular formula is C33H39N3O4. The topological polar surface area (TPSA) is 76.8 Å². The van der Waals surface area contributed by atoms with Crippen LogP contribution in [0.2, 0.25) is 0 Å². The Bertz CT molecular complexity index is 1350. The van der Waals surface area contributed by atoms with Crippen LogP contribution in [0, 0.1) is 11.8 Å². The van der Waals surface area contributed by atoms with Gasteiger partial charge in [-0.15, -0.1) is 0 Å². The van der Waals surface area contributed by atoms with E-state index in [9.17, 15) is 9.90 Å². The number of amides is 1. The molecule has 3 aromatic rings. The van der Waals surface area contributed by atoms with Crippen LogP contribution in [0.15, 0.2) is 54.9 Å². The molecule has 210 valence electrons. The van der Waals surface area contributed by atoms with Crippen molar-refractivity contribution >= 4 is 11.6 Å². The van der Waals surface area contributed by atoms with Gasteiger partial charge in [-0.05, 0) is 111 Å². The van der Waals surface area contributed by atoms with Crippen LogP contribution >= 0.6 is 0 Å². The highest BCUT2D eigenvalue weighted by atomic mass is 16.7. The largest absolute Gasteiger partial charge is 0.454 e. The lowest BCUT2D eigenvalue weighted by Crippen LogP contribution is -2.41. The second-order valence-electron chi connectivity index (χ2n) is 12.3. The van der Waals surface area contributed by atoms with Crippen LogP contribution in [0.25, 0.3) is 11.1 Å². The molecule has 7 heteroatoms. The van der Waals surface area contributed by atoms with E-state index in [1.54, 1.807) is 0 Å². The molecular weight excluding hydrogens is 502 g/mol. The number of nitrogens with zero attached hydrogens (tertiary/aromatic N) is 3. The Morgan fingerprint density at radius 2 is 1.70 bits per heavy atom. The second kappa shape index (κ2) is 10.9. The standard InChI is InChI=1S/C33H39N3O4/c37-30-13-8-24(9-14-30)33(38)35(29-3-1-2-25(16-29)27-18-34-36(20-27)28-11-12-28)19-22-4-6-23(7-5-22)26-10-15-31-32(17-26)40-21-39-31/h1-3,10,15-18,20,22-24,28,30,37H,4-9,11-14,19,21H2. The van der Waals surface area contributed by atoms with Crippen molar-refractivity contribution in [1.29, 1.82) is 0 Å². The number of carbonyl (C=O) groups is 1. The van der Waals surface area contributed by atoms with Crippen molar-refractivity contribution < 1.29 is 19.4 Å². The number of benzene rings is 2. The maximum absolute atomic E-state index is 14.0. The lowest BCUT2D eigenvalue weighted by atomic mass is 9.78. The van der Waals surface area contributed by atoms with Gasteiger partial charge in [-0.1, -0.05) is 18.2 Å². The van der Waals surface area contributed by atoms with Crippen molar-refractivity contribution in [3.8, 4) is 22.6 Å². The number of aliphatic hydroxyl groups excluding tert-OH is 1. The lowest BCUT2D eigenvalue weighted by Gasteiger charge is -2.36. The van der Waals surface area contributed by atoms with Crippen LogP contribution in [0.1, 0.15) is 81.7 Å². The average molecular weight is 542 g/mol. The fourth-order valence-electron chi connectivity index (χ4n) is 6.85. The Morgan fingerprint density at radius 1 is 0.900 bits per heavy atom. The van der Waals surface area contributed by atoms with Crippen molar-refractivity contribution in [3.05, 3.63) is 60.4 Å². The van der Waals surface area contributed by atoms with E-state index < -0.39 is 0 Å². The molecule has 3 fully saturated rings. The maximum atomic E-state index is 14.0. The van der Waals surface area contributed by atoms with Gasteiger partial charge in [0.1, 0.15) is 0 Å². The maximum Gasteiger partial charge on any atom is 0.231 e. The van der Waals surface area contributed by atoms with Crippen LogP contribution in [0.4, 0.5) is 5.69 Å². The molecule has 1 aromatic heterocycles. The van der Waals surface area contributed by atoms with Gasteiger partial charge in [-0.2, -0.15) is 5.10 Å². The zero-order chi connectivity index (χ0) is 27.1. The van der Waals surface area contributed by atoms with Gasteiger partial charge in [0.25, 0.3) is 0 Å². The van der Waals surface area contributed by atoms with Crippen molar-refractivity contribution in [2.75, 3.05) is 18.2 Å². The molecule has 0 spiro atoms.